The lowest BCUT2D eigenvalue weighted by molar-refractivity contribution is 0.103. The van der Waals surface area contributed by atoms with Gasteiger partial charge in [-0.05, 0) is 108 Å². The minimum absolute atomic E-state index is 0.00361. The molecule has 0 heterocycles. The summed E-state index contributed by atoms with van der Waals surface area (Å²) in [7, 11) is 0. The Bertz CT molecular complexity index is 2290. The van der Waals surface area contributed by atoms with Gasteiger partial charge in [0.15, 0.2) is 11.6 Å². The molecule has 0 spiro atoms. The molecule has 0 saturated heterocycles. The van der Waals surface area contributed by atoms with Gasteiger partial charge in [-0.25, -0.2) is 0 Å². The molecule has 8 rings (SSSR count). The third kappa shape index (κ3) is 7.22. The van der Waals surface area contributed by atoms with Crippen molar-refractivity contribution in [3.63, 3.8) is 0 Å². The molecule has 4 heteroatoms. The van der Waals surface area contributed by atoms with Gasteiger partial charge >= 0.3 is 0 Å². The van der Waals surface area contributed by atoms with Gasteiger partial charge in [-0.15, -0.1) is 0 Å². The summed E-state index contributed by atoms with van der Waals surface area (Å²) in [5.41, 5.74) is 10.8. The molecule has 0 aromatic heterocycles. The normalized spacial score (nSPS) is 10.7. The number of ketones is 2. The molecule has 0 aliphatic rings. The van der Waals surface area contributed by atoms with Gasteiger partial charge in [0.2, 0.25) is 0 Å². The van der Waals surface area contributed by atoms with Crippen molar-refractivity contribution in [2.45, 2.75) is 0 Å². The largest absolute Gasteiger partial charge is 0.311 e. The molecule has 0 saturated carbocycles. The number of carbonyl (C=O) groups excluding carboxylic acids is 2. The van der Waals surface area contributed by atoms with Gasteiger partial charge in [-0.1, -0.05) is 121 Å². The highest BCUT2D eigenvalue weighted by atomic mass is 16.1. The summed E-state index contributed by atoms with van der Waals surface area (Å²) >= 11 is 0. The maximum absolute atomic E-state index is 13.1. The molecule has 0 fully saturated rings. The van der Waals surface area contributed by atoms with E-state index in [1.54, 1.807) is 0 Å². The zero-order valence-electron chi connectivity index (χ0n) is 29.5. The summed E-state index contributed by atoms with van der Waals surface area (Å²) < 4.78 is 0. The molecular formula is C50H36N2O2. The van der Waals surface area contributed by atoms with E-state index < -0.39 is 0 Å². The van der Waals surface area contributed by atoms with Crippen LogP contribution in [0.15, 0.2) is 218 Å². The Balaban J connectivity index is 1.06. The zero-order valence-corrected chi connectivity index (χ0v) is 29.5. The Morgan fingerprint density at radius 1 is 0.241 bits per heavy atom. The van der Waals surface area contributed by atoms with E-state index in [0.717, 1.165) is 45.3 Å². The van der Waals surface area contributed by atoms with Crippen LogP contribution in [0.5, 0.6) is 0 Å². The van der Waals surface area contributed by atoms with Crippen LogP contribution in [-0.4, -0.2) is 11.6 Å². The lowest BCUT2D eigenvalue weighted by Crippen LogP contribution is -2.10. The van der Waals surface area contributed by atoms with Crippen molar-refractivity contribution in [3.8, 4) is 11.1 Å². The highest BCUT2D eigenvalue weighted by Crippen LogP contribution is 2.38. The molecule has 258 valence electrons. The zero-order chi connectivity index (χ0) is 36.7. The van der Waals surface area contributed by atoms with Gasteiger partial charge in [-0.3, -0.25) is 9.59 Å². The molecule has 0 amide bonds. The fourth-order valence-electron chi connectivity index (χ4n) is 6.69. The molecule has 0 atom stereocenters. The van der Waals surface area contributed by atoms with E-state index in [0.29, 0.717) is 22.3 Å². The molecule has 8 aromatic rings. The summed E-state index contributed by atoms with van der Waals surface area (Å²) in [6.45, 7) is 0. The second kappa shape index (κ2) is 15.5. The fraction of sp³-hybridized carbons (Fsp3) is 0. The van der Waals surface area contributed by atoms with Crippen molar-refractivity contribution in [2.75, 3.05) is 9.80 Å². The molecule has 0 N–H and O–H groups in total. The van der Waals surface area contributed by atoms with Gasteiger partial charge in [0.05, 0.1) is 0 Å². The van der Waals surface area contributed by atoms with Gasteiger partial charge in [-0.2, -0.15) is 0 Å². The Hall–Kier alpha value is -7.30. The summed E-state index contributed by atoms with van der Waals surface area (Å²) in [5.74, 6) is 0.00723. The highest BCUT2D eigenvalue weighted by molar-refractivity contribution is 6.09. The Morgan fingerprint density at radius 2 is 0.463 bits per heavy atom. The Morgan fingerprint density at radius 3 is 0.759 bits per heavy atom. The van der Waals surface area contributed by atoms with E-state index in [9.17, 15) is 9.59 Å². The highest BCUT2D eigenvalue weighted by Gasteiger charge is 2.17. The third-order valence-electron chi connectivity index (χ3n) is 9.46. The second-order valence-electron chi connectivity index (χ2n) is 12.9. The Labute approximate surface area is 315 Å². The number of hydrogen-bond donors (Lipinski definition) is 0. The molecule has 4 nitrogen and oxygen atoms in total. The second-order valence-corrected chi connectivity index (χ2v) is 12.9. The standard InChI is InChI=1S/C50H36N2O2/c53-49(39-13-5-1-6-14-39)41-25-33-47(34-26-41)51(43-17-9-3-10-18-43)45-29-21-37(22-30-45)38-23-31-46(32-24-38)52(44-19-11-4-12-20-44)48-35-27-42(28-36-48)50(54)40-15-7-2-8-16-40/h1-36H. The van der Waals surface area contributed by atoms with E-state index in [1.165, 1.54) is 0 Å². The first-order valence-electron chi connectivity index (χ1n) is 17.9. The predicted molar refractivity (Wildman–Crippen MR) is 221 cm³/mol. The van der Waals surface area contributed by atoms with Gasteiger partial charge in [0.1, 0.15) is 0 Å². The van der Waals surface area contributed by atoms with Crippen LogP contribution in [0.3, 0.4) is 0 Å². The maximum Gasteiger partial charge on any atom is 0.193 e. The fourth-order valence-corrected chi connectivity index (χ4v) is 6.69. The topological polar surface area (TPSA) is 40.6 Å². The monoisotopic (exact) mass is 696 g/mol. The van der Waals surface area contributed by atoms with Gasteiger partial charge in [0, 0.05) is 56.4 Å². The molecule has 54 heavy (non-hydrogen) atoms. The van der Waals surface area contributed by atoms with E-state index >= 15 is 0 Å². The minimum Gasteiger partial charge on any atom is -0.311 e. The van der Waals surface area contributed by atoms with E-state index in [4.69, 9.17) is 0 Å². The van der Waals surface area contributed by atoms with Crippen LogP contribution in [0, 0.1) is 0 Å². The summed E-state index contributed by atoms with van der Waals surface area (Å²) in [5, 5.41) is 0. The number of rotatable bonds is 11. The van der Waals surface area contributed by atoms with Crippen LogP contribution in [0.4, 0.5) is 34.1 Å². The number of carbonyl (C=O) groups is 2. The van der Waals surface area contributed by atoms with E-state index in [2.05, 4.69) is 82.6 Å². The first-order valence-corrected chi connectivity index (χ1v) is 17.9. The van der Waals surface area contributed by atoms with E-state index in [-0.39, 0.29) is 11.6 Å². The molecule has 0 bridgehead atoms. The van der Waals surface area contributed by atoms with Crippen molar-refractivity contribution in [1.82, 2.24) is 0 Å². The van der Waals surface area contributed by atoms with Crippen molar-refractivity contribution < 1.29 is 9.59 Å². The molecule has 0 aliphatic heterocycles. The predicted octanol–water partition coefficient (Wildman–Crippen LogP) is 12.8. The molecule has 0 aliphatic carbocycles. The SMILES string of the molecule is O=C(c1ccccc1)c1ccc(N(c2ccccc2)c2ccc(-c3ccc(N(c4ccccc4)c4ccc(C(=O)c5ccccc5)cc4)cc3)cc2)cc1. The van der Waals surface area contributed by atoms with Crippen LogP contribution < -0.4 is 9.80 Å². The summed E-state index contributed by atoms with van der Waals surface area (Å²) in [6.07, 6.45) is 0. The quantitative estimate of drug-likeness (QED) is 0.126. The van der Waals surface area contributed by atoms with Crippen molar-refractivity contribution in [2.24, 2.45) is 0 Å². The number of hydrogen-bond acceptors (Lipinski definition) is 4. The molecule has 8 aromatic carbocycles. The first-order chi connectivity index (χ1) is 26.6. The average Bonchev–Trinajstić information content (AvgIpc) is 3.26. The van der Waals surface area contributed by atoms with Crippen LogP contribution >= 0.6 is 0 Å². The van der Waals surface area contributed by atoms with Gasteiger partial charge in [0.25, 0.3) is 0 Å². The summed E-state index contributed by atoms with van der Waals surface area (Å²) in [6, 6.07) is 71.9. The number of anilines is 6. The Kier molecular flexibility index (Phi) is 9.72. The van der Waals surface area contributed by atoms with Crippen molar-refractivity contribution in [3.05, 3.63) is 241 Å². The lowest BCUT2D eigenvalue weighted by Gasteiger charge is -2.26. The van der Waals surface area contributed by atoms with Crippen LogP contribution in [-0.2, 0) is 0 Å². The average molecular weight is 697 g/mol. The maximum atomic E-state index is 13.1. The minimum atomic E-state index is 0.00361. The van der Waals surface area contributed by atoms with Crippen LogP contribution in [0.1, 0.15) is 31.8 Å². The van der Waals surface area contributed by atoms with Crippen molar-refractivity contribution in [1.29, 1.82) is 0 Å². The first kappa shape index (κ1) is 33.8. The number of benzene rings is 8. The van der Waals surface area contributed by atoms with Crippen molar-refractivity contribution >= 4 is 45.7 Å². The summed E-state index contributed by atoms with van der Waals surface area (Å²) in [4.78, 5) is 30.6. The van der Waals surface area contributed by atoms with Gasteiger partial charge < -0.3 is 9.80 Å². The van der Waals surface area contributed by atoms with Crippen LogP contribution in [0.25, 0.3) is 11.1 Å². The molecule has 0 unspecified atom stereocenters. The number of para-hydroxylation sites is 2. The lowest BCUT2D eigenvalue weighted by atomic mass is 10.0. The molecule has 0 radical (unpaired) electrons. The molecular weight excluding hydrogens is 661 g/mol. The number of nitrogens with zero attached hydrogens (tertiary/aromatic N) is 2. The smallest absolute Gasteiger partial charge is 0.193 e. The third-order valence-corrected chi connectivity index (χ3v) is 9.46. The van der Waals surface area contributed by atoms with E-state index in [1.807, 2.05) is 146 Å². The van der Waals surface area contributed by atoms with Crippen LogP contribution in [0.2, 0.25) is 0 Å².